The zero-order chi connectivity index (χ0) is 15.8. The topological polar surface area (TPSA) is 86.7 Å². The van der Waals surface area contributed by atoms with Crippen molar-refractivity contribution in [1.29, 1.82) is 0 Å². The lowest BCUT2D eigenvalue weighted by atomic mass is 10.2. The van der Waals surface area contributed by atoms with Crippen molar-refractivity contribution in [2.45, 2.75) is 23.8 Å². The summed E-state index contributed by atoms with van der Waals surface area (Å²) in [6.07, 6.45) is -5.00. The third-order valence-corrected chi connectivity index (χ3v) is 4.63. The Kier molecular flexibility index (Phi) is 4.26. The monoisotopic (exact) mass is 320 g/mol. The van der Waals surface area contributed by atoms with Crippen LogP contribution >= 0.6 is 0 Å². The number of anilines is 1. The number of aliphatic hydroxyl groups excluding tert-OH is 1. The molecule has 0 radical (unpaired) electrons. The highest BCUT2D eigenvalue weighted by molar-refractivity contribution is 7.89. The zero-order valence-electron chi connectivity index (χ0n) is 11.1. The molecule has 0 saturated carbocycles. The van der Waals surface area contributed by atoms with Crippen molar-refractivity contribution in [2.24, 2.45) is 0 Å². The maximum Gasteiger partial charge on any atom is 0.265 e. The number of hydrogen-bond acceptors (Lipinski definition) is 4. The summed E-state index contributed by atoms with van der Waals surface area (Å²) < 4.78 is 50.1. The Morgan fingerprint density at radius 1 is 1.43 bits per heavy atom. The van der Waals surface area contributed by atoms with Crippen molar-refractivity contribution in [3.8, 4) is 0 Å². The van der Waals surface area contributed by atoms with Crippen molar-refractivity contribution in [2.75, 3.05) is 18.5 Å². The lowest BCUT2D eigenvalue weighted by Crippen LogP contribution is -2.35. The van der Waals surface area contributed by atoms with Crippen molar-refractivity contribution in [3.63, 3.8) is 0 Å². The second-order valence-electron chi connectivity index (χ2n) is 4.67. The number of carbonyl (C=O) groups is 1. The molecule has 0 spiro atoms. The molecule has 2 N–H and O–H groups in total. The van der Waals surface area contributed by atoms with Gasteiger partial charge in [-0.15, -0.1) is 0 Å². The summed E-state index contributed by atoms with van der Waals surface area (Å²) in [5, 5.41) is 8.93. The number of likely N-dealkylation sites (N-methyl/N-ethyl adjacent to an activating group) is 1. The molecule has 1 atom stereocenters. The summed E-state index contributed by atoms with van der Waals surface area (Å²) in [6, 6.07) is 4.09. The summed E-state index contributed by atoms with van der Waals surface area (Å²) in [5.41, 5.74) is 1.17. The van der Waals surface area contributed by atoms with E-state index in [-0.39, 0.29) is 17.2 Å². The normalized spacial score (nSPS) is 16.4. The van der Waals surface area contributed by atoms with Gasteiger partial charge >= 0.3 is 0 Å². The average molecular weight is 320 g/mol. The van der Waals surface area contributed by atoms with Gasteiger partial charge < -0.3 is 10.0 Å². The van der Waals surface area contributed by atoms with Gasteiger partial charge in [-0.2, -0.15) is 0 Å². The number of rotatable bonds is 5. The maximum atomic E-state index is 12.1. The summed E-state index contributed by atoms with van der Waals surface area (Å²) in [6.45, 7) is -0.782. The smallest absolute Gasteiger partial charge is 0.265 e. The molecule has 1 aliphatic rings. The minimum absolute atomic E-state index is 0.0921. The third kappa shape index (κ3) is 3.20. The summed E-state index contributed by atoms with van der Waals surface area (Å²) >= 11 is 0. The first kappa shape index (κ1) is 15.8. The number of alkyl halides is 2. The predicted octanol–water partition coefficient (Wildman–Crippen LogP) is 0.110. The van der Waals surface area contributed by atoms with Gasteiger partial charge in [0.05, 0.1) is 11.3 Å². The van der Waals surface area contributed by atoms with Crippen molar-refractivity contribution >= 4 is 21.6 Å². The standard InChI is InChI=1S/C12H14F2N2O4S/c1-16-9-3-2-8(4-7(9)5-11(16)18)21(19,20)15-6-10(17)12(13)14/h2-4,10,12,15,17H,5-6H2,1H3. The Bertz CT molecular complexity index is 663. The first-order chi connectivity index (χ1) is 9.72. The molecule has 0 saturated heterocycles. The number of benzene rings is 1. The quantitative estimate of drug-likeness (QED) is 0.806. The lowest BCUT2D eigenvalue weighted by Gasteiger charge is -2.13. The first-order valence-corrected chi connectivity index (χ1v) is 7.56. The summed E-state index contributed by atoms with van der Waals surface area (Å²) in [5.74, 6) is -0.152. The van der Waals surface area contributed by atoms with Crippen LogP contribution in [0.4, 0.5) is 14.5 Å². The molecule has 1 aromatic carbocycles. The highest BCUT2D eigenvalue weighted by Gasteiger charge is 2.27. The molecule has 0 aliphatic carbocycles. The second kappa shape index (κ2) is 5.66. The fraction of sp³-hybridized carbons (Fsp3) is 0.417. The number of halogens is 2. The Morgan fingerprint density at radius 2 is 2.10 bits per heavy atom. The average Bonchev–Trinajstić information content (AvgIpc) is 2.71. The van der Waals surface area contributed by atoms with E-state index in [0.29, 0.717) is 11.3 Å². The number of hydrogen-bond donors (Lipinski definition) is 2. The largest absolute Gasteiger partial charge is 0.386 e. The van der Waals surface area contributed by atoms with Gasteiger partial charge in [-0.3, -0.25) is 4.79 Å². The van der Waals surface area contributed by atoms with Crippen LogP contribution in [-0.4, -0.2) is 45.6 Å². The van der Waals surface area contributed by atoms with Gasteiger partial charge in [-0.05, 0) is 23.8 Å². The van der Waals surface area contributed by atoms with Crippen LogP contribution in [0.2, 0.25) is 0 Å². The van der Waals surface area contributed by atoms with Crippen LogP contribution in [-0.2, 0) is 21.2 Å². The van der Waals surface area contributed by atoms with Crippen LogP contribution in [0.25, 0.3) is 0 Å². The molecule has 1 heterocycles. The van der Waals surface area contributed by atoms with E-state index in [1.54, 1.807) is 7.05 Å². The predicted molar refractivity (Wildman–Crippen MR) is 70.8 cm³/mol. The number of nitrogens with zero attached hydrogens (tertiary/aromatic N) is 1. The highest BCUT2D eigenvalue weighted by Crippen LogP contribution is 2.29. The molecule has 1 unspecified atom stereocenters. The molecular formula is C12H14F2N2O4S. The van der Waals surface area contributed by atoms with E-state index in [0.717, 1.165) is 0 Å². The molecular weight excluding hydrogens is 306 g/mol. The molecule has 116 valence electrons. The van der Waals surface area contributed by atoms with Crippen LogP contribution in [0.15, 0.2) is 23.1 Å². The Hall–Kier alpha value is -1.58. The van der Waals surface area contributed by atoms with E-state index in [4.69, 9.17) is 5.11 Å². The van der Waals surface area contributed by atoms with Crippen LogP contribution in [0.1, 0.15) is 5.56 Å². The van der Waals surface area contributed by atoms with Gasteiger partial charge in [0.15, 0.2) is 0 Å². The Morgan fingerprint density at radius 3 is 2.71 bits per heavy atom. The van der Waals surface area contributed by atoms with E-state index in [1.807, 2.05) is 4.72 Å². The van der Waals surface area contributed by atoms with Crippen LogP contribution < -0.4 is 9.62 Å². The number of carbonyl (C=O) groups excluding carboxylic acids is 1. The lowest BCUT2D eigenvalue weighted by molar-refractivity contribution is -0.117. The molecule has 1 amide bonds. The van der Waals surface area contributed by atoms with E-state index >= 15 is 0 Å². The number of fused-ring (bicyclic) bond motifs is 1. The van der Waals surface area contributed by atoms with Gasteiger partial charge in [0.2, 0.25) is 15.9 Å². The second-order valence-corrected chi connectivity index (χ2v) is 6.44. The fourth-order valence-corrected chi connectivity index (χ4v) is 3.08. The molecule has 2 rings (SSSR count). The number of amides is 1. The molecule has 0 aromatic heterocycles. The number of aliphatic hydroxyl groups is 1. The van der Waals surface area contributed by atoms with Gasteiger partial charge in [0.25, 0.3) is 6.43 Å². The Balaban J connectivity index is 2.19. The van der Waals surface area contributed by atoms with E-state index in [1.165, 1.54) is 23.1 Å². The highest BCUT2D eigenvalue weighted by atomic mass is 32.2. The molecule has 21 heavy (non-hydrogen) atoms. The van der Waals surface area contributed by atoms with Gasteiger partial charge in [-0.25, -0.2) is 21.9 Å². The zero-order valence-corrected chi connectivity index (χ0v) is 11.9. The fourth-order valence-electron chi connectivity index (χ4n) is 1.98. The molecule has 9 heteroatoms. The summed E-state index contributed by atoms with van der Waals surface area (Å²) in [4.78, 5) is 12.8. The van der Waals surface area contributed by atoms with Crippen molar-refractivity contribution in [1.82, 2.24) is 4.72 Å². The molecule has 6 nitrogen and oxygen atoms in total. The molecule has 0 fully saturated rings. The SMILES string of the molecule is CN1C(=O)Cc2cc(S(=O)(=O)NCC(O)C(F)F)ccc21. The number of sulfonamides is 1. The van der Waals surface area contributed by atoms with Crippen LogP contribution in [0, 0.1) is 0 Å². The minimum Gasteiger partial charge on any atom is -0.386 e. The van der Waals surface area contributed by atoms with Crippen LogP contribution in [0.5, 0.6) is 0 Å². The Labute approximate surface area is 120 Å². The van der Waals surface area contributed by atoms with Gasteiger partial charge in [0.1, 0.15) is 6.10 Å². The van der Waals surface area contributed by atoms with E-state index in [2.05, 4.69) is 0 Å². The third-order valence-electron chi connectivity index (χ3n) is 3.21. The summed E-state index contributed by atoms with van der Waals surface area (Å²) in [7, 11) is -2.44. The van der Waals surface area contributed by atoms with E-state index < -0.39 is 29.1 Å². The molecule has 0 bridgehead atoms. The first-order valence-electron chi connectivity index (χ1n) is 6.08. The van der Waals surface area contributed by atoms with Gasteiger partial charge in [0, 0.05) is 19.3 Å². The molecule has 1 aromatic rings. The van der Waals surface area contributed by atoms with Crippen LogP contribution in [0.3, 0.4) is 0 Å². The van der Waals surface area contributed by atoms with Crippen molar-refractivity contribution in [3.05, 3.63) is 23.8 Å². The van der Waals surface area contributed by atoms with E-state index in [9.17, 15) is 22.0 Å². The maximum absolute atomic E-state index is 12.1. The van der Waals surface area contributed by atoms with Crippen molar-refractivity contribution < 1.29 is 27.1 Å². The number of nitrogens with one attached hydrogen (secondary N) is 1. The van der Waals surface area contributed by atoms with Gasteiger partial charge in [-0.1, -0.05) is 0 Å². The minimum atomic E-state index is -4.02. The molecule has 1 aliphatic heterocycles.